The first-order valence-corrected chi connectivity index (χ1v) is 7.35. The van der Waals surface area contributed by atoms with Crippen molar-refractivity contribution < 1.29 is 9.50 Å². The molecule has 0 fully saturated rings. The zero-order valence-electron chi connectivity index (χ0n) is 12.3. The third-order valence-corrected chi connectivity index (χ3v) is 3.63. The van der Waals surface area contributed by atoms with Crippen molar-refractivity contribution in [1.29, 1.82) is 0 Å². The van der Waals surface area contributed by atoms with E-state index in [0.29, 0.717) is 5.92 Å². The first-order valence-electron chi connectivity index (χ1n) is 7.35. The van der Waals surface area contributed by atoms with Gasteiger partial charge in [0.1, 0.15) is 5.82 Å². The van der Waals surface area contributed by atoms with Crippen LogP contribution in [0.15, 0.2) is 54.6 Å². The molecule has 0 aliphatic heterocycles. The second-order valence-corrected chi connectivity index (χ2v) is 5.42. The van der Waals surface area contributed by atoms with Gasteiger partial charge in [0.05, 0.1) is 6.04 Å². The summed E-state index contributed by atoms with van der Waals surface area (Å²) in [4.78, 5) is 0. The van der Waals surface area contributed by atoms with E-state index in [1.807, 2.05) is 30.3 Å². The third kappa shape index (κ3) is 4.66. The van der Waals surface area contributed by atoms with Crippen LogP contribution in [0.3, 0.4) is 0 Å². The predicted molar refractivity (Wildman–Crippen MR) is 83.6 cm³/mol. The Kier molecular flexibility index (Phi) is 5.90. The van der Waals surface area contributed by atoms with Crippen LogP contribution < -0.4 is 5.32 Å². The molecule has 0 aliphatic carbocycles. The number of nitrogens with one attached hydrogen (secondary N) is 1. The molecule has 2 atom stereocenters. The highest BCUT2D eigenvalue weighted by Crippen LogP contribution is 2.22. The lowest BCUT2D eigenvalue weighted by Gasteiger charge is -2.22. The van der Waals surface area contributed by atoms with Crippen LogP contribution in [0.2, 0.25) is 0 Å². The van der Waals surface area contributed by atoms with Gasteiger partial charge in [-0.15, -0.1) is 0 Å². The summed E-state index contributed by atoms with van der Waals surface area (Å²) in [6.07, 6.45) is 0.776. The average molecular weight is 287 g/mol. The molecule has 0 heterocycles. The van der Waals surface area contributed by atoms with Gasteiger partial charge in [-0.25, -0.2) is 4.39 Å². The van der Waals surface area contributed by atoms with E-state index < -0.39 is 0 Å². The van der Waals surface area contributed by atoms with Gasteiger partial charge in [0.15, 0.2) is 0 Å². The molecule has 2 nitrogen and oxygen atoms in total. The van der Waals surface area contributed by atoms with E-state index in [1.165, 1.54) is 12.1 Å². The molecule has 2 rings (SSSR count). The molecule has 0 radical (unpaired) electrons. The summed E-state index contributed by atoms with van der Waals surface area (Å²) in [6, 6.07) is 16.8. The van der Waals surface area contributed by atoms with Crippen LogP contribution in [0.4, 0.5) is 4.39 Å². The Labute approximate surface area is 125 Å². The molecule has 2 unspecified atom stereocenters. The molecule has 0 aromatic heterocycles. The molecule has 2 aromatic rings. The van der Waals surface area contributed by atoms with E-state index in [-0.39, 0.29) is 18.5 Å². The predicted octanol–water partition coefficient (Wildman–Crippen LogP) is 3.52. The first kappa shape index (κ1) is 15.7. The van der Waals surface area contributed by atoms with Crippen LogP contribution in [0.25, 0.3) is 0 Å². The van der Waals surface area contributed by atoms with Gasteiger partial charge in [0, 0.05) is 6.61 Å². The van der Waals surface area contributed by atoms with Gasteiger partial charge in [-0.1, -0.05) is 49.4 Å². The van der Waals surface area contributed by atoms with Crippen molar-refractivity contribution in [3.05, 3.63) is 71.5 Å². The normalized spacial score (nSPS) is 13.9. The fourth-order valence-corrected chi connectivity index (χ4v) is 2.37. The maximum atomic E-state index is 13.1. The van der Waals surface area contributed by atoms with Crippen LogP contribution in [-0.2, 0) is 0 Å². The quantitative estimate of drug-likeness (QED) is 0.816. The van der Waals surface area contributed by atoms with Crippen LogP contribution >= 0.6 is 0 Å². The Hall–Kier alpha value is -1.71. The number of aliphatic hydroxyl groups is 1. The SMILES string of the molecule is CC(CCO)CNC(c1ccccc1)c1ccc(F)cc1. The van der Waals surface area contributed by atoms with E-state index in [0.717, 1.165) is 24.1 Å². The van der Waals surface area contributed by atoms with Gasteiger partial charge in [0.25, 0.3) is 0 Å². The summed E-state index contributed by atoms with van der Waals surface area (Å²) >= 11 is 0. The summed E-state index contributed by atoms with van der Waals surface area (Å²) in [5.41, 5.74) is 2.19. The molecule has 0 saturated carbocycles. The standard InChI is InChI=1S/C18H22FNO/c1-14(11-12-21)13-20-18(15-5-3-2-4-6-15)16-7-9-17(19)10-8-16/h2-10,14,18,20-21H,11-13H2,1H3. The molecule has 0 amide bonds. The second kappa shape index (κ2) is 7.91. The number of halogens is 1. The van der Waals surface area contributed by atoms with Crippen LogP contribution in [-0.4, -0.2) is 18.3 Å². The molecule has 0 saturated heterocycles. The van der Waals surface area contributed by atoms with Gasteiger partial charge in [-0.2, -0.15) is 0 Å². The fraction of sp³-hybridized carbons (Fsp3) is 0.333. The van der Waals surface area contributed by atoms with Gasteiger partial charge in [0.2, 0.25) is 0 Å². The molecule has 3 heteroatoms. The van der Waals surface area contributed by atoms with E-state index in [1.54, 1.807) is 0 Å². The van der Waals surface area contributed by atoms with E-state index >= 15 is 0 Å². The van der Waals surface area contributed by atoms with Gasteiger partial charge in [-0.3, -0.25) is 0 Å². The summed E-state index contributed by atoms with van der Waals surface area (Å²) < 4.78 is 13.1. The molecule has 0 aliphatic rings. The third-order valence-electron chi connectivity index (χ3n) is 3.63. The molecular weight excluding hydrogens is 265 g/mol. The van der Waals surface area contributed by atoms with Crippen LogP contribution in [0.5, 0.6) is 0 Å². The zero-order valence-corrected chi connectivity index (χ0v) is 12.3. The lowest BCUT2D eigenvalue weighted by atomic mass is 9.97. The smallest absolute Gasteiger partial charge is 0.123 e. The first-order chi connectivity index (χ1) is 10.2. The van der Waals surface area contributed by atoms with Crippen molar-refractivity contribution in [2.24, 2.45) is 5.92 Å². The van der Waals surface area contributed by atoms with Crippen molar-refractivity contribution in [2.45, 2.75) is 19.4 Å². The number of rotatable bonds is 7. The van der Waals surface area contributed by atoms with Crippen molar-refractivity contribution in [2.75, 3.05) is 13.2 Å². The van der Waals surface area contributed by atoms with E-state index in [9.17, 15) is 4.39 Å². The van der Waals surface area contributed by atoms with Crippen LogP contribution in [0, 0.1) is 11.7 Å². The van der Waals surface area contributed by atoms with Crippen molar-refractivity contribution in [1.82, 2.24) is 5.32 Å². The molecule has 2 N–H and O–H groups in total. The average Bonchev–Trinajstić information content (AvgIpc) is 2.50. The molecule has 112 valence electrons. The Balaban J connectivity index is 2.16. The Morgan fingerprint density at radius 1 is 1.00 bits per heavy atom. The Bertz CT molecular complexity index is 527. The summed E-state index contributed by atoms with van der Waals surface area (Å²) in [5, 5.41) is 12.5. The Morgan fingerprint density at radius 3 is 2.24 bits per heavy atom. The summed E-state index contributed by atoms with van der Waals surface area (Å²) in [7, 11) is 0. The fourth-order valence-electron chi connectivity index (χ4n) is 2.37. The Morgan fingerprint density at radius 2 is 1.62 bits per heavy atom. The lowest BCUT2D eigenvalue weighted by molar-refractivity contribution is 0.259. The maximum Gasteiger partial charge on any atom is 0.123 e. The minimum absolute atomic E-state index is 0.0351. The molecule has 21 heavy (non-hydrogen) atoms. The van der Waals surface area contributed by atoms with Crippen molar-refractivity contribution >= 4 is 0 Å². The lowest BCUT2D eigenvalue weighted by Crippen LogP contribution is -2.27. The number of aliphatic hydroxyl groups excluding tert-OH is 1. The zero-order chi connectivity index (χ0) is 15.1. The minimum Gasteiger partial charge on any atom is -0.396 e. The highest BCUT2D eigenvalue weighted by atomic mass is 19.1. The summed E-state index contributed by atoms with van der Waals surface area (Å²) in [5.74, 6) is 0.167. The van der Waals surface area contributed by atoms with Crippen molar-refractivity contribution in [3.63, 3.8) is 0 Å². The number of hydrogen-bond donors (Lipinski definition) is 2. The van der Waals surface area contributed by atoms with Crippen molar-refractivity contribution in [3.8, 4) is 0 Å². The largest absolute Gasteiger partial charge is 0.396 e. The number of hydrogen-bond acceptors (Lipinski definition) is 2. The monoisotopic (exact) mass is 287 g/mol. The molecule has 0 bridgehead atoms. The van der Waals surface area contributed by atoms with Gasteiger partial charge >= 0.3 is 0 Å². The van der Waals surface area contributed by atoms with E-state index in [2.05, 4.69) is 24.4 Å². The highest BCUT2D eigenvalue weighted by molar-refractivity contribution is 5.31. The molecule has 2 aromatic carbocycles. The molecular formula is C18H22FNO. The van der Waals surface area contributed by atoms with Gasteiger partial charge < -0.3 is 10.4 Å². The minimum atomic E-state index is -0.223. The van der Waals surface area contributed by atoms with Crippen LogP contribution in [0.1, 0.15) is 30.5 Å². The topological polar surface area (TPSA) is 32.3 Å². The van der Waals surface area contributed by atoms with Gasteiger partial charge in [-0.05, 0) is 42.1 Å². The number of benzene rings is 2. The van der Waals surface area contributed by atoms with E-state index in [4.69, 9.17) is 5.11 Å². The highest BCUT2D eigenvalue weighted by Gasteiger charge is 2.14. The maximum absolute atomic E-state index is 13.1. The second-order valence-electron chi connectivity index (χ2n) is 5.42. The summed E-state index contributed by atoms with van der Waals surface area (Å²) in [6.45, 7) is 3.11. The molecule has 0 spiro atoms.